The van der Waals surface area contributed by atoms with Gasteiger partial charge in [-0.2, -0.15) is 4.39 Å². The Morgan fingerprint density at radius 2 is 1.95 bits per heavy atom. The van der Waals surface area contributed by atoms with E-state index in [1.165, 1.54) is 12.1 Å². The molecule has 0 saturated carbocycles. The second-order valence-corrected chi connectivity index (χ2v) is 4.12. The first kappa shape index (κ1) is 13.8. The van der Waals surface area contributed by atoms with E-state index in [1.54, 1.807) is 19.2 Å². The lowest BCUT2D eigenvalue weighted by atomic mass is 10.2. The number of halogens is 1. The number of nitrogens with zero attached hydrogens (tertiary/aromatic N) is 1. The number of methoxy groups -OCH3 is 1. The van der Waals surface area contributed by atoms with Crippen LogP contribution in [0, 0.1) is 15.9 Å². The van der Waals surface area contributed by atoms with Crippen LogP contribution in [-0.4, -0.2) is 12.0 Å². The van der Waals surface area contributed by atoms with Gasteiger partial charge in [0.25, 0.3) is 0 Å². The number of nitrogens with one attached hydrogen (secondary N) is 1. The SMILES string of the molecule is COc1ccc(NCc2ccc([N+](=O)[O-])c(F)c2)cc1. The largest absolute Gasteiger partial charge is 0.497 e. The molecule has 0 aliphatic carbocycles. The summed E-state index contributed by atoms with van der Waals surface area (Å²) in [6.45, 7) is 0.376. The van der Waals surface area contributed by atoms with Crippen LogP contribution < -0.4 is 10.1 Å². The van der Waals surface area contributed by atoms with Crippen LogP contribution >= 0.6 is 0 Å². The maximum Gasteiger partial charge on any atom is 0.304 e. The minimum Gasteiger partial charge on any atom is -0.497 e. The van der Waals surface area contributed by atoms with Gasteiger partial charge in [-0.25, -0.2) is 0 Å². The lowest BCUT2D eigenvalue weighted by Crippen LogP contribution is -2.01. The average Bonchev–Trinajstić information content (AvgIpc) is 2.45. The lowest BCUT2D eigenvalue weighted by Gasteiger charge is -2.07. The van der Waals surface area contributed by atoms with Crippen LogP contribution in [0.3, 0.4) is 0 Å². The predicted molar refractivity (Wildman–Crippen MR) is 73.4 cm³/mol. The molecule has 0 atom stereocenters. The highest BCUT2D eigenvalue weighted by Crippen LogP contribution is 2.19. The average molecular weight is 276 g/mol. The van der Waals surface area contributed by atoms with Crippen molar-refractivity contribution in [2.45, 2.75) is 6.54 Å². The van der Waals surface area contributed by atoms with Crippen molar-refractivity contribution >= 4 is 11.4 Å². The molecule has 20 heavy (non-hydrogen) atoms. The minimum absolute atomic E-state index is 0.376. The van der Waals surface area contributed by atoms with Crippen molar-refractivity contribution in [1.82, 2.24) is 0 Å². The summed E-state index contributed by atoms with van der Waals surface area (Å²) < 4.78 is 18.5. The highest BCUT2D eigenvalue weighted by Gasteiger charge is 2.13. The molecule has 0 spiro atoms. The van der Waals surface area contributed by atoms with Gasteiger partial charge < -0.3 is 10.1 Å². The van der Waals surface area contributed by atoms with Crippen LogP contribution in [0.25, 0.3) is 0 Å². The molecule has 104 valence electrons. The Kier molecular flexibility index (Phi) is 4.14. The molecule has 1 N–H and O–H groups in total. The van der Waals surface area contributed by atoms with Gasteiger partial charge in [-0.3, -0.25) is 10.1 Å². The molecule has 0 radical (unpaired) electrons. The van der Waals surface area contributed by atoms with Gasteiger partial charge in [-0.05, 0) is 35.9 Å². The zero-order valence-electron chi connectivity index (χ0n) is 10.8. The van der Waals surface area contributed by atoms with E-state index in [2.05, 4.69) is 5.32 Å². The smallest absolute Gasteiger partial charge is 0.304 e. The molecule has 0 amide bonds. The zero-order chi connectivity index (χ0) is 14.5. The minimum atomic E-state index is -0.830. The first-order chi connectivity index (χ1) is 9.60. The summed E-state index contributed by atoms with van der Waals surface area (Å²) in [6, 6.07) is 11.1. The van der Waals surface area contributed by atoms with Gasteiger partial charge in [0.2, 0.25) is 5.82 Å². The van der Waals surface area contributed by atoms with Crippen molar-refractivity contribution in [2.24, 2.45) is 0 Å². The Balaban J connectivity index is 2.03. The van der Waals surface area contributed by atoms with E-state index in [0.717, 1.165) is 17.5 Å². The van der Waals surface area contributed by atoms with Gasteiger partial charge in [0.15, 0.2) is 0 Å². The third-order valence-electron chi connectivity index (χ3n) is 2.80. The van der Waals surface area contributed by atoms with Gasteiger partial charge in [-0.15, -0.1) is 0 Å². The zero-order valence-corrected chi connectivity index (χ0v) is 10.8. The van der Waals surface area contributed by atoms with Crippen LogP contribution in [0.2, 0.25) is 0 Å². The van der Waals surface area contributed by atoms with E-state index in [9.17, 15) is 14.5 Å². The standard InChI is InChI=1S/C14H13FN2O3/c1-20-12-5-3-11(4-6-12)16-9-10-2-7-14(17(18)19)13(15)8-10/h2-8,16H,9H2,1H3. The van der Waals surface area contributed by atoms with E-state index < -0.39 is 16.4 Å². The van der Waals surface area contributed by atoms with Crippen molar-refractivity contribution in [3.63, 3.8) is 0 Å². The number of anilines is 1. The Hall–Kier alpha value is -2.63. The van der Waals surface area contributed by atoms with E-state index in [4.69, 9.17) is 4.74 Å². The summed E-state index contributed by atoms with van der Waals surface area (Å²) in [5.41, 5.74) is 0.965. The van der Waals surface area contributed by atoms with Gasteiger partial charge in [0.05, 0.1) is 12.0 Å². The Morgan fingerprint density at radius 3 is 2.50 bits per heavy atom. The molecule has 6 heteroatoms. The van der Waals surface area contributed by atoms with Gasteiger partial charge in [0.1, 0.15) is 5.75 Å². The number of hydrogen-bond acceptors (Lipinski definition) is 4. The van der Waals surface area contributed by atoms with Gasteiger partial charge in [0, 0.05) is 18.3 Å². The molecule has 0 fully saturated rings. The van der Waals surface area contributed by atoms with Crippen molar-refractivity contribution in [3.05, 3.63) is 64.0 Å². The molecule has 0 aliphatic heterocycles. The van der Waals surface area contributed by atoms with Crippen LogP contribution in [0.4, 0.5) is 15.8 Å². The molecule has 5 nitrogen and oxygen atoms in total. The normalized spacial score (nSPS) is 10.1. The second-order valence-electron chi connectivity index (χ2n) is 4.12. The Labute approximate surface area is 115 Å². The summed E-state index contributed by atoms with van der Waals surface area (Å²) in [5, 5.41) is 13.6. The highest BCUT2D eigenvalue weighted by molar-refractivity contribution is 5.47. The molecular weight excluding hydrogens is 263 g/mol. The van der Waals surface area contributed by atoms with Crippen molar-refractivity contribution < 1.29 is 14.1 Å². The number of nitro groups is 1. The number of nitro benzene ring substituents is 1. The summed E-state index contributed by atoms with van der Waals surface area (Å²) in [5.74, 6) is -0.0824. The van der Waals surface area contributed by atoms with Crippen LogP contribution in [0.1, 0.15) is 5.56 Å². The first-order valence-corrected chi connectivity index (χ1v) is 5.91. The third kappa shape index (κ3) is 3.23. The molecular formula is C14H13FN2O3. The first-order valence-electron chi connectivity index (χ1n) is 5.91. The molecule has 0 heterocycles. The van der Waals surface area contributed by atoms with E-state index in [-0.39, 0.29) is 0 Å². The fraction of sp³-hybridized carbons (Fsp3) is 0.143. The van der Waals surface area contributed by atoms with Crippen molar-refractivity contribution in [3.8, 4) is 5.75 Å². The number of benzene rings is 2. The Morgan fingerprint density at radius 1 is 1.25 bits per heavy atom. The highest BCUT2D eigenvalue weighted by atomic mass is 19.1. The Bertz CT molecular complexity index is 614. The second kappa shape index (κ2) is 6.01. The lowest BCUT2D eigenvalue weighted by molar-refractivity contribution is -0.387. The summed E-state index contributed by atoms with van der Waals surface area (Å²) >= 11 is 0. The van der Waals surface area contributed by atoms with Crippen molar-refractivity contribution in [2.75, 3.05) is 12.4 Å². The summed E-state index contributed by atoms with van der Waals surface area (Å²) in [4.78, 5) is 9.77. The van der Waals surface area contributed by atoms with E-state index in [1.807, 2.05) is 12.1 Å². The fourth-order valence-corrected chi connectivity index (χ4v) is 1.72. The predicted octanol–water partition coefficient (Wildman–Crippen LogP) is 3.35. The van der Waals surface area contributed by atoms with Crippen LogP contribution in [0.5, 0.6) is 5.75 Å². The summed E-state index contributed by atoms with van der Waals surface area (Å²) in [6.07, 6.45) is 0. The number of ether oxygens (including phenoxy) is 1. The topological polar surface area (TPSA) is 64.4 Å². The quantitative estimate of drug-likeness (QED) is 0.671. The maximum absolute atomic E-state index is 13.4. The fourth-order valence-electron chi connectivity index (χ4n) is 1.72. The number of hydrogen-bond donors (Lipinski definition) is 1. The van der Waals surface area contributed by atoms with Gasteiger partial charge >= 0.3 is 5.69 Å². The molecule has 0 bridgehead atoms. The molecule has 2 rings (SSSR count). The summed E-state index contributed by atoms with van der Waals surface area (Å²) in [7, 11) is 1.59. The third-order valence-corrected chi connectivity index (χ3v) is 2.80. The van der Waals surface area contributed by atoms with E-state index >= 15 is 0 Å². The molecule has 0 saturated heterocycles. The van der Waals surface area contributed by atoms with Crippen molar-refractivity contribution in [1.29, 1.82) is 0 Å². The monoisotopic (exact) mass is 276 g/mol. The molecule has 0 aliphatic rings. The maximum atomic E-state index is 13.4. The van der Waals surface area contributed by atoms with Crippen LogP contribution in [-0.2, 0) is 6.54 Å². The molecule has 0 aromatic heterocycles. The van der Waals surface area contributed by atoms with Crippen LogP contribution in [0.15, 0.2) is 42.5 Å². The number of rotatable bonds is 5. The molecule has 2 aromatic rings. The molecule has 2 aromatic carbocycles. The molecule has 0 unspecified atom stereocenters. The van der Waals surface area contributed by atoms with Gasteiger partial charge in [-0.1, -0.05) is 6.07 Å². The van der Waals surface area contributed by atoms with E-state index in [0.29, 0.717) is 12.1 Å².